The smallest absolute Gasteiger partial charge is 0.258 e. The number of likely N-dealkylation sites (N-methyl/N-ethyl adjacent to an activating group) is 1. The SMILES string of the molecule is CN(CCc1ccccc1)C(=O)c1cn[nH]c1N. The molecule has 5 heteroatoms. The van der Waals surface area contributed by atoms with Crippen molar-refractivity contribution in [2.24, 2.45) is 0 Å². The summed E-state index contributed by atoms with van der Waals surface area (Å²) in [6.07, 6.45) is 2.28. The highest BCUT2D eigenvalue weighted by molar-refractivity contribution is 5.97. The zero-order valence-electron chi connectivity index (χ0n) is 10.3. The van der Waals surface area contributed by atoms with Crippen LogP contribution in [0.3, 0.4) is 0 Å². The third-order valence-corrected chi connectivity index (χ3v) is 2.82. The predicted octanol–water partition coefficient (Wildman–Crippen LogP) is 1.31. The van der Waals surface area contributed by atoms with E-state index in [1.165, 1.54) is 11.8 Å². The molecule has 0 aliphatic rings. The van der Waals surface area contributed by atoms with Crippen LogP contribution in [-0.4, -0.2) is 34.6 Å². The molecular formula is C13H16N4O. The van der Waals surface area contributed by atoms with Crippen molar-refractivity contribution in [3.8, 4) is 0 Å². The minimum absolute atomic E-state index is 0.114. The summed E-state index contributed by atoms with van der Waals surface area (Å²) in [6, 6.07) is 10.1. The molecule has 2 rings (SSSR count). The van der Waals surface area contributed by atoms with Gasteiger partial charge in [-0.2, -0.15) is 5.10 Å². The average molecular weight is 244 g/mol. The van der Waals surface area contributed by atoms with Gasteiger partial charge in [-0.05, 0) is 12.0 Å². The van der Waals surface area contributed by atoms with E-state index in [0.29, 0.717) is 17.9 Å². The van der Waals surface area contributed by atoms with Crippen molar-refractivity contribution >= 4 is 11.7 Å². The van der Waals surface area contributed by atoms with Gasteiger partial charge >= 0.3 is 0 Å². The summed E-state index contributed by atoms with van der Waals surface area (Å²) in [5, 5.41) is 6.30. The number of nitrogen functional groups attached to an aromatic ring is 1. The summed E-state index contributed by atoms with van der Waals surface area (Å²) in [6.45, 7) is 0.646. The highest BCUT2D eigenvalue weighted by Crippen LogP contribution is 2.09. The first-order chi connectivity index (χ1) is 8.68. The molecule has 1 aromatic heterocycles. The molecule has 5 nitrogen and oxygen atoms in total. The molecule has 94 valence electrons. The van der Waals surface area contributed by atoms with Crippen LogP contribution in [0, 0.1) is 0 Å². The van der Waals surface area contributed by atoms with Crippen LogP contribution in [0.15, 0.2) is 36.5 Å². The van der Waals surface area contributed by atoms with E-state index in [9.17, 15) is 4.79 Å². The molecule has 0 saturated carbocycles. The van der Waals surface area contributed by atoms with Crippen LogP contribution < -0.4 is 5.73 Å². The van der Waals surface area contributed by atoms with Crippen molar-refractivity contribution in [2.75, 3.05) is 19.3 Å². The highest BCUT2D eigenvalue weighted by atomic mass is 16.2. The molecule has 0 radical (unpaired) electrons. The van der Waals surface area contributed by atoms with E-state index in [4.69, 9.17) is 5.73 Å². The molecule has 2 aromatic rings. The third kappa shape index (κ3) is 2.68. The second kappa shape index (κ2) is 5.35. The van der Waals surface area contributed by atoms with Crippen LogP contribution in [0.2, 0.25) is 0 Å². The molecule has 0 unspecified atom stereocenters. The number of H-pyrrole nitrogens is 1. The zero-order chi connectivity index (χ0) is 13.0. The number of carbonyl (C=O) groups excluding carboxylic acids is 1. The fourth-order valence-electron chi connectivity index (χ4n) is 1.72. The summed E-state index contributed by atoms with van der Waals surface area (Å²) in [5.74, 6) is 0.198. The third-order valence-electron chi connectivity index (χ3n) is 2.82. The lowest BCUT2D eigenvalue weighted by Crippen LogP contribution is -2.29. The monoisotopic (exact) mass is 244 g/mol. The second-order valence-electron chi connectivity index (χ2n) is 4.16. The lowest BCUT2D eigenvalue weighted by molar-refractivity contribution is 0.0797. The standard InChI is InChI=1S/C13H16N4O/c1-17(8-7-10-5-3-2-4-6-10)13(18)11-9-15-16-12(11)14/h2-6,9H,7-8H2,1H3,(H3,14,15,16). The number of amides is 1. The van der Waals surface area contributed by atoms with Crippen molar-refractivity contribution in [2.45, 2.75) is 6.42 Å². The maximum Gasteiger partial charge on any atom is 0.258 e. The molecule has 0 bridgehead atoms. The molecule has 0 saturated heterocycles. The van der Waals surface area contributed by atoms with Crippen molar-refractivity contribution < 1.29 is 4.79 Å². The van der Waals surface area contributed by atoms with E-state index >= 15 is 0 Å². The van der Waals surface area contributed by atoms with E-state index in [-0.39, 0.29) is 5.91 Å². The minimum Gasteiger partial charge on any atom is -0.383 e. The first-order valence-electron chi connectivity index (χ1n) is 5.76. The number of anilines is 1. The van der Waals surface area contributed by atoms with Crippen molar-refractivity contribution in [3.05, 3.63) is 47.7 Å². The van der Waals surface area contributed by atoms with E-state index < -0.39 is 0 Å². The Morgan fingerprint density at radius 2 is 2.11 bits per heavy atom. The van der Waals surface area contributed by atoms with Gasteiger partial charge in [-0.1, -0.05) is 30.3 Å². The summed E-state index contributed by atoms with van der Waals surface area (Å²) in [5.41, 5.74) is 7.25. The molecule has 0 fully saturated rings. The maximum absolute atomic E-state index is 12.0. The highest BCUT2D eigenvalue weighted by Gasteiger charge is 2.15. The Morgan fingerprint density at radius 1 is 1.39 bits per heavy atom. The number of carbonyl (C=O) groups is 1. The molecule has 0 atom stereocenters. The molecule has 1 heterocycles. The second-order valence-corrected chi connectivity index (χ2v) is 4.16. The molecule has 0 aliphatic carbocycles. The Hall–Kier alpha value is -2.30. The van der Waals surface area contributed by atoms with Crippen molar-refractivity contribution in [3.63, 3.8) is 0 Å². The predicted molar refractivity (Wildman–Crippen MR) is 70.1 cm³/mol. The van der Waals surface area contributed by atoms with Gasteiger partial charge in [0.1, 0.15) is 11.4 Å². The first-order valence-corrected chi connectivity index (χ1v) is 5.76. The van der Waals surface area contributed by atoms with E-state index in [2.05, 4.69) is 10.2 Å². The van der Waals surface area contributed by atoms with Gasteiger partial charge in [0.25, 0.3) is 5.91 Å². The Labute approximate surface area is 106 Å². The number of aromatic amines is 1. The van der Waals surface area contributed by atoms with E-state index in [1.54, 1.807) is 11.9 Å². The number of rotatable bonds is 4. The number of benzene rings is 1. The van der Waals surface area contributed by atoms with E-state index in [0.717, 1.165) is 6.42 Å². The van der Waals surface area contributed by atoms with Gasteiger partial charge in [-0.3, -0.25) is 9.89 Å². The quantitative estimate of drug-likeness (QED) is 0.851. The number of nitrogens with one attached hydrogen (secondary N) is 1. The maximum atomic E-state index is 12.0. The van der Waals surface area contributed by atoms with Gasteiger partial charge in [0, 0.05) is 13.6 Å². The van der Waals surface area contributed by atoms with Crippen LogP contribution in [-0.2, 0) is 6.42 Å². The van der Waals surface area contributed by atoms with Gasteiger partial charge in [-0.15, -0.1) is 0 Å². The van der Waals surface area contributed by atoms with Crippen LogP contribution in [0.4, 0.5) is 5.82 Å². The zero-order valence-corrected chi connectivity index (χ0v) is 10.3. The largest absolute Gasteiger partial charge is 0.383 e. The van der Waals surface area contributed by atoms with Gasteiger partial charge in [-0.25, -0.2) is 0 Å². The summed E-state index contributed by atoms with van der Waals surface area (Å²) in [4.78, 5) is 13.7. The minimum atomic E-state index is -0.114. The summed E-state index contributed by atoms with van der Waals surface area (Å²) < 4.78 is 0. The molecule has 0 spiro atoms. The Kier molecular flexibility index (Phi) is 3.62. The van der Waals surface area contributed by atoms with Crippen molar-refractivity contribution in [1.29, 1.82) is 0 Å². The molecule has 18 heavy (non-hydrogen) atoms. The Balaban J connectivity index is 1.95. The Morgan fingerprint density at radius 3 is 2.72 bits per heavy atom. The molecule has 1 aromatic carbocycles. The number of aromatic nitrogens is 2. The summed E-state index contributed by atoms with van der Waals surface area (Å²) >= 11 is 0. The number of nitrogens with zero attached hydrogens (tertiary/aromatic N) is 2. The molecule has 1 amide bonds. The number of hydrogen-bond donors (Lipinski definition) is 2. The molecule has 0 aliphatic heterocycles. The normalized spacial score (nSPS) is 10.3. The van der Waals surface area contributed by atoms with Crippen molar-refractivity contribution in [1.82, 2.24) is 15.1 Å². The van der Waals surface area contributed by atoms with Gasteiger partial charge in [0.05, 0.1) is 6.20 Å². The Bertz CT molecular complexity index is 521. The lowest BCUT2D eigenvalue weighted by Gasteiger charge is -2.16. The van der Waals surface area contributed by atoms with Crippen LogP contribution in [0.25, 0.3) is 0 Å². The van der Waals surface area contributed by atoms with Crippen LogP contribution in [0.1, 0.15) is 15.9 Å². The average Bonchev–Trinajstić information content (AvgIpc) is 2.82. The topological polar surface area (TPSA) is 75.0 Å². The molecular weight excluding hydrogens is 228 g/mol. The lowest BCUT2D eigenvalue weighted by atomic mass is 10.1. The van der Waals surface area contributed by atoms with Gasteiger partial charge < -0.3 is 10.6 Å². The first kappa shape index (κ1) is 12.2. The number of hydrogen-bond acceptors (Lipinski definition) is 3. The van der Waals surface area contributed by atoms with Crippen LogP contribution >= 0.6 is 0 Å². The van der Waals surface area contributed by atoms with Crippen LogP contribution in [0.5, 0.6) is 0 Å². The van der Waals surface area contributed by atoms with E-state index in [1.807, 2.05) is 30.3 Å². The number of nitrogens with two attached hydrogens (primary N) is 1. The van der Waals surface area contributed by atoms with Gasteiger partial charge in [0.15, 0.2) is 0 Å². The van der Waals surface area contributed by atoms with Gasteiger partial charge in [0.2, 0.25) is 0 Å². The summed E-state index contributed by atoms with van der Waals surface area (Å²) in [7, 11) is 1.76. The fraction of sp³-hybridized carbons (Fsp3) is 0.231. The fourth-order valence-corrected chi connectivity index (χ4v) is 1.72. The molecule has 3 N–H and O–H groups in total.